The molecule has 0 fully saturated rings. The first kappa shape index (κ1) is 15.9. The number of hydrogen-bond donors (Lipinski definition) is 3. The van der Waals surface area contributed by atoms with E-state index in [4.69, 9.17) is 5.11 Å². The summed E-state index contributed by atoms with van der Waals surface area (Å²) in [7, 11) is 0. The van der Waals surface area contributed by atoms with Gasteiger partial charge in [-0.05, 0) is 17.7 Å². The molecule has 0 aliphatic heterocycles. The monoisotopic (exact) mass is 290 g/mol. The van der Waals surface area contributed by atoms with E-state index in [2.05, 4.69) is 0 Å². The number of alkyl halides is 2. The molecule has 7 nitrogen and oxygen atoms in total. The van der Waals surface area contributed by atoms with Crippen molar-refractivity contribution in [2.45, 2.75) is 18.6 Å². The van der Waals surface area contributed by atoms with Crippen molar-refractivity contribution in [2.24, 2.45) is 0 Å². The van der Waals surface area contributed by atoms with Crippen LogP contribution >= 0.6 is 0 Å². The number of halogens is 2. The number of aliphatic hydroxyl groups is 2. The summed E-state index contributed by atoms with van der Waals surface area (Å²) in [6, 6.07) is 3.31. The molecule has 2 atom stereocenters. The van der Waals surface area contributed by atoms with Gasteiger partial charge in [-0.1, -0.05) is 0 Å². The van der Waals surface area contributed by atoms with Crippen molar-refractivity contribution in [1.82, 2.24) is 5.32 Å². The fourth-order valence-electron chi connectivity index (χ4n) is 1.50. The second-order valence-corrected chi connectivity index (χ2v) is 3.89. The largest absolute Gasteiger partial charge is 0.394 e. The van der Waals surface area contributed by atoms with Gasteiger partial charge in [0.05, 0.1) is 17.6 Å². The van der Waals surface area contributed by atoms with Crippen molar-refractivity contribution in [3.05, 3.63) is 39.9 Å². The van der Waals surface area contributed by atoms with Crippen LogP contribution in [0.5, 0.6) is 0 Å². The summed E-state index contributed by atoms with van der Waals surface area (Å²) in [5.74, 6) is -1.62. The normalized spacial score (nSPS) is 13.8. The zero-order valence-corrected chi connectivity index (χ0v) is 10.1. The molecule has 0 aromatic heterocycles. The molecule has 0 heterocycles. The van der Waals surface area contributed by atoms with E-state index in [9.17, 15) is 28.8 Å². The lowest BCUT2D eigenvalue weighted by Crippen LogP contribution is -2.44. The van der Waals surface area contributed by atoms with Gasteiger partial charge in [0.25, 0.3) is 11.6 Å². The minimum Gasteiger partial charge on any atom is -0.394 e. The maximum atomic E-state index is 12.1. The van der Waals surface area contributed by atoms with Gasteiger partial charge >= 0.3 is 6.43 Å². The summed E-state index contributed by atoms with van der Waals surface area (Å²) in [6.45, 7) is -0.767. The van der Waals surface area contributed by atoms with Crippen LogP contribution in [0.3, 0.4) is 0 Å². The molecule has 0 bridgehead atoms. The molecular formula is C11H12F2N2O5. The Morgan fingerprint density at radius 3 is 2.30 bits per heavy atom. The standard InChI is InChI=1S/C11H12F2N2O5/c12-10(13)11(18)14-8(5-16)9(17)6-1-3-7(4-2-6)15(19)20/h1-4,8-10,16-17H,5H2,(H,14,18)/t8-,9?/m1/s1. The Morgan fingerprint density at radius 2 is 1.90 bits per heavy atom. The molecule has 1 aromatic rings. The lowest BCUT2D eigenvalue weighted by molar-refractivity contribution is -0.384. The number of carbonyl (C=O) groups is 1. The van der Waals surface area contributed by atoms with Crippen molar-refractivity contribution < 1.29 is 28.7 Å². The van der Waals surface area contributed by atoms with Gasteiger partial charge in [0.2, 0.25) is 0 Å². The van der Waals surface area contributed by atoms with Crippen LogP contribution in [-0.4, -0.2) is 40.1 Å². The van der Waals surface area contributed by atoms with E-state index < -0.39 is 36.0 Å². The number of nitro benzene ring substituents is 1. The average Bonchev–Trinajstić information content (AvgIpc) is 2.43. The van der Waals surface area contributed by atoms with Gasteiger partial charge in [-0.15, -0.1) is 0 Å². The van der Waals surface area contributed by atoms with E-state index in [1.54, 1.807) is 5.32 Å². The van der Waals surface area contributed by atoms with Crippen molar-refractivity contribution in [3.63, 3.8) is 0 Å². The second-order valence-electron chi connectivity index (χ2n) is 3.89. The molecule has 1 amide bonds. The Kier molecular flexibility index (Phi) is 5.47. The quantitative estimate of drug-likeness (QED) is 0.517. The maximum Gasteiger partial charge on any atom is 0.315 e. The minimum absolute atomic E-state index is 0.143. The summed E-state index contributed by atoms with van der Waals surface area (Å²) in [6.07, 6.45) is -4.74. The van der Waals surface area contributed by atoms with E-state index in [0.29, 0.717) is 0 Å². The predicted molar refractivity (Wildman–Crippen MR) is 63.1 cm³/mol. The topological polar surface area (TPSA) is 113 Å². The number of carbonyl (C=O) groups excluding carboxylic acids is 1. The van der Waals surface area contributed by atoms with Crippen LogP contribution < -0.4 is 5.32 Å². The predicted octanol–water partition coefficient (Wildman–Crippen LogP) is 0.370. The summed E-state index contributed by atoms with van der Waals surface area (Å²) in [4.78, 5) is 20.6. The summed E-state index contributed by atoms with van der Waals surface area (Å²) in [5, 5.41) is 31.1. The van der Waals surface area contributed by atoms with Crippen LogP contribution in [0.25, 0.3) is 0 Å². The van der Waals surface area contributed by atoms with Gasteiger partial charge in [-0.3, -0.25) is 14.9 Å². The smallest absolute Gasteiger partial charge is 0.315 e. The van der Waals surface area contributed by atoms with E-state index in [0.717, 1.165) is 12.1 Å². The van der Waals surface area contributed by atoms with Crippen LogP contribution in [0.4, 0.5) is 14.5 Å². The molecule has 1 rings (SSSR count). The van der Waals surface area contributed by atoms with Gasteiger partial charge in [0, 0.05) is 12.1 Å². The van der Waals surface area contributed by atoms with Crippen LogP contribution in [0.1, 0.15) is 11.7 Å². The van der Waals surface area contributed by atoms with Crippen LogP contribution in [0.2, 0.25) is 0 Å². The first-order valence-electron chi connectivity index (χ1n) is 5.48. The fourth-order valence-corrected chi connectivity index (χ4v) is 1.50. The second kappa shape index (κ2) is 6.87. The van der Waals surface area contributed by atoms with E-state index in [1.165, 1.54) is 12.1 Å². The highest BCUT2D eigenvalue weighted by molar-refractivity contribution is 5.79. The summed E-state index contributed by atoms with van der Waals surface area (Å²) >= 11 is 0. The highest BCUT2D eigenvalue weighted by Gasteiger charge is 2.26. The van der Waals surface area contributed by atoms with Gasteiger partial charge in [-0.2, -0.15) is 8.78 Å². The molecule has 0 radical (unpaired) electrons. The van der Waals surface area contributed by atoms with E-state index >= 15 is 0 Å². The number of rotatable bonds is 6. The number of hydrogen-bond acceptors (Lipinski definition) is 5. The molecule has 20 heavy (non-hydrogen) atoms. The molecule has 0 aliphatic carbocycles. The first-order valence-corrected chi connectivity index (χ1v) is 5.48. The lowest BCUT2D eigenvalue weighted by Gasteiger charge is -2.22. The minimum atomic E-state index is -3.27. The third-order valence-electron chi connectivity index (χ3n) is 2.55. The molecule has 9 heteroatoms. The SMILES string of the molecule is O=C(N[C@H](CO)C(O)c1ccc([N+](=O)[O-])cc1)C(F)F. The summed E-state index contributed by atoms with van der Waals surface area (Å²) in [5.41, 5.74) is -0.0673. The highest BCUT2D eigenvalue weighted by atomic mass is 19.3. The number of nitrogens with one attached hydrogen (secondary N) is 1. The van der Waals surface area contributed by atoms with Gasteiger partial charge in [0.15, 0.2) is 0 Å². The summed E-state index contributed by atoms with van der Waals surface area (Å²) < 4.78 is 24.2. The molecule has 0 spiro atoms. The van der Waals surface area contributed by atoms with Crippen molar-refractivity contribution in [2.75, 3.05) is 6.61 Å². The number of amides is 1. The Morgan fingerprint density at radius 1 is 1.35 bits per heavy atom. The Hall–Kier alpha value is -2.13. The Balaban J connectivity index is 2.82. The van der Waals surface area contributed by atoms with Crippen LogP contribution in [0.15, 0.2) is 24.3 Å². The molecule has 0 aliphatic rings. The van der Waals surface area contributed by atoms with Crippen LogP contribution in [-0.2, 0) is 4.79 Å². The Bertz CT molecular complexity index is 480. The Labute approximate surface area is 112 Å². The molecule has 1 unspecified atom stereocenters. The molecule has 110 valence electrons. The fraction of sp³-hybridized carbons (Fsp3) is 0.364. The van der Waals surface area contributed by atoms with Crippen molar-refractivity contribution in [1.29, 1.82) is 0 Å². The van der Waals surface area contributed by atoms with Crippen molar-refractivity contribution >= 4 is 11.6 Å². The third kappa shape index (κ3) is 3.93. The van der Waals surface area contributed by atoms with Gasteiger partial charge < -0.3 is 15.5 Å². The van der Waals surface area contributed by atoms with Crippen LogP contribution in [0, 0.1) is 10.1 Å². The zero-order valence-electron chi connectivity index (χ0n) is 10.1. The van der Waals surface area contributed by atoms with Gasteiger partial charge in [-0.25, -0.2) is 0 Å². The molecule has 3 N–H and O–H groups in total. The molecule has 1 aromatic carbocycles. The lowest BCUT2D eigenvalue weighted by atomic mass is 10.0. The number of benzene rings is 1. The average molecular weight is 290 g/mol. The van der Waals surface area contributed by atoms with E-state index in [1.807, 2.05) is 0 Å². The highest BCUT2D eigenvalue weighted by Crippen LogP contribution is 2.20. The molecule has 0 saturated carbocycles. The zero-order chi connectivity index (χ0) is 15.3. The molecular weight excluding hydrogens is 278 g/mol. The third-order valence-corrected chi connectivity index (χ3v) is 2.55. The maximum absolute atomic E-state index is 12.1. The molecule has 0 saturated heterocycles. The number of nitro groups is 1. The number of aliphatic hydroxyl groups excluding tert-OH is 2. The number of non-ortho nitro benzene ring substituents is 1. The van der Waals surface area contributed by atoms with Crippen molar-refractivity contribution in [3.8, 4) is 0 Å². The first-order chi connectivity index (χ1) is 9.36. The van der Waals surface area contributed by atoms with E-state index in [-0.39, 0.29) is 11.3 Å². The number of nitrogens with zero attached hydrogens (tertiary/aromatic N) is 1. The van der Waals surface area contributed by atoms with Gasteiger partial charge in [0.1, 0.15) is 6.10 Å².